The number of hydrogen-bond acceptors (Lipinski definition) is 3. The van der Waals surface area contributed by atoms with Gasteiger partial charge in [-0.25, -0.2) is 0 Å². The summed E-state index contributed by atoms with van der Waals surface area (Å²) in [6.07, 6.45) is 6.68. The molecular weight excluding hydrogens is 264 g/mol. The van der Waals surface area contributed by atoms with Gasteiger partial charge in [0.05, 0.1) is 12.6 Å². The number of likely N-dealkylation sites (tertiary alicyclic amines) is 1. The molecule has 2 fully saturated rings. The first kappa shape index (κ1) is 16.8. The Bertz CT molecular complexity index is 330. The molecule has 1 heterocycles. The summed E-state index contributed by atoms with van der Waals surface area (Å²) in [5.74, 6) is 0.708. The summed E-state index contributed by atoms with van der Waals surface area (Å²) in [5, 5.41) is 9.66. The smallest absolute Gasteiger partial charge is 0.237 e. The lowest BCUT2D eigenvalue weighted by Crippen LogP contribution is -2.49. The van der Waals surface area contributed by atoms with Crippen LogP contribution in [0.3, 0.4) is 0 Å². The Kier molecular flexibility index (Phi) is 6.06. The van der Waals surface area contributed by atoms with Crippen molar-refractivity contribution in [3.8, 4) is 0 Å². The number of hydrogen-bond donors (Lipinski definition) is 1. The van der Waals surface area contributed by atoms with Crippen molar-refractivity contribution in [1.29, 1.82) is 0 Å². The molecule has 1 aliphatic carbocycles. The zero-order chi connectivity index (χ0) is 15.4. The predicted molar refractivity (Wildman–Crippen MR) is 85.1 cm³/mol. The van der Waals surface area contributed by atoms with E-state index in [0.29, 0.717) is 30.5 Å². The standard InChI is InChI=1S/C17H32N2O2/c1-13(2)19(16-6-4-5-7-16)17(21)12-18-10-8-15(9-11-18)14(3)20/h13-16,20H,4-12H2,1-3H3. The van der Waals surface area contributed by atoms with Crippen LogP contribution >= 0.6 is 0 Å². The molecule has 1 atom stereocenters. The molecule has 1 amide bonds. The third-order valence-corrected chi connectivity index (χ3v) is 5.24. The van der Waals surface area contributed by atoms with Gasteiger partial charge in [-0.1, -0.05) is 12.8 Å². The van der Waals surface area contributed by atoms with Gasteiger partial charge in [-0.3, -0.25) is 9.69 Å². The molecule has 2 rings (SSSR count). The minimum absolute atomic E-state index is 0.214. The molecule has 1 aliphatic heterocycles. The molecule has 122 valence electrons. The van der Waals surface area contributed by atoms with Crippen molar-refractivity contribution in [2.24, 2.45) is 5.92 Å². The van der Waals surface area contributed by atoms with E-state index < -0.39 is 0 Å². The molecule has 0 radical (unpaired) electrons. The first-order chi connectivity index (χ1) is 9.99. The molecule has 0 bridgehead atoms. The number of carbonyl (C=O) groups is 1. The minimum Gasteiger partial charge on any atom is -0.393 e. The molecule has 21 heavy (non-hydrogen) atoms. The van der Waals surface area contributed by atoms with Crippen molar-refractivity contribution in [3.63, 3.8) is 0 Å². The zero-order valence-electron chi connectivity index (χ0n) is 13.9. The van der Waals surface area contributed by atoms with E-state index in [1.165, 1.54) is 25.7 Å². The molecule has 4 heteroatoms. The van der Waals surface area contributed by atoms with Crippen LogP contribution in [-0.2, 0) is 4.79 Å². The van der Waals surface area contributed by atoms with Crippen LogP contribution in [-0.4, -0.2) is 58.6 Å². The fourth-order valence-electron chi connectivity index (χ4n) is 3.96. The molecule has 0 aromatic rings. The van der Waals surface area contributed by atoms with Crippen LogP contribution in [0.4, 0.5) is 0 Å². The summed E-state index contributed by atoms with van der Waals surface area (Å²) in [6, 6.07) is 0.767. The maximum atomic E-state index is 12.7. The Morgan fingerprint density at radius 2 is 1.71 bits per heavy atom. The van der Waals surface area contributed by atoms with Crippen LogP contribution in [0.25, 0.3) is 0 Å². The summed E-state index contributed by atoms with van der Waals surface area (Å²) in [7, 11) is 0. The molecule has 1 N–H and O–H groups in total. The summed E-state index contributed by atoms with van der Waals surface area (Å²) in [4.78, 5) is 17.1. The Labute approximate surface area is 129 Å². The SMILES string of the molecule is CC(O)C1CCN(CC(=O)N(C(C)C)C2CCCC2)CC1. The lowest BCUT2D eigenvalue weighted by molar-refractivity contribution is -0.137. The lowest BCUT2D eigenvalue weighted by atomic mass is 9.92. The molecule has 1 saturated heterocycles. The van der Waals surface area contributed by atoms with Gasteiger partial charge in [0.25, 0.3) is 0 Å². The van der Waals surface area contributed by atoms with Gasteiger partial charge < -0.3 is 10.0 Å². The highest BCUT2D eigenvalue weighted by Crippen LogP contribution is 2.26. The minimum atomic E-state index is -0.214. The first-order valence-corrected chi connectivity index (χ1v) is 8.70. The van der Waals surface area contributed by atoms with Crippen molar-refractivity contribution in [1.82, 2.24) is 9.80 Å². The molecule has 0 spiro atoms. The van der Waals surface area contributed by atoms with E-state index in [9.17, 15) is 9.90 Å². The highest BCUT2D eigenvalue weighted by molar-refractivity contribution is 5.79. The fraction of sp³-hybridized carbons (Fsp3) is 0.941. The summed E-state index contributed by atoms with van der Waals surface area (Å²) in [5.41, 5.74) is 0. The van der Waals surface area contributed by atoms with Gasteiger partial charge in [0.1, 0.15) is 0 Å². The number of aliphatic hydroxyl groups excluding tert-OH is 1. The van der Waals surface area contributed by atoms with Crippen LogP contribution in [0.2, 0.25) is 0 Å². The topological polar surface area (TPSA) is 43.8 Å². The van der Waals surface area contributed by atoms with Crippen LogP contribution in [0, 0.1) is 5.92 Å². The molecule has 4 nitrogen and oxygen atoms in total. The van der Waals surface area contributed by atoms with Gasteiger partial charge in [0.2, 0.25) is 5.91 Å². The van der Waals surface area contributed by atoms with E-state index in [4.69, 9.17) is 0 Å². The second-order valence-electron chi connectivity index (χ2n) is 7.19. The quantitative estimate of drug-likeness (QED) is 0.846. The fourth-order valence-corrected chi connectivity index (χ4v) is 3.96. The second-order valence-corrected chi connectivity index (χ2v) is 7.19. The molecule has 0 aromatic heterocycles. The van der Waals surface area contributed by atoms with Crippen LogP contribution in [0.5, 0.6) is 0 Å². The third kappa shape index (κ3) is 4.43. The lowest BCUT2D eigenvalue weighted by Gasteiger charge is -2.37. The molecule has 1 saturated carbocycles. The third-order valence-electron chi connectivity index (χ3n) is 5.24. The van der Waals surface area contributed by atoms with E-state index in [0.717, 1.165) is 25.9 Å². The summed E-state index contributed by atoms with van der Waals surface area (Å²) in [6.45, 7) is 8.59. The Morgan fingerprint density at radius 3 is 2.19 bits per heavy atom. The number of rotatable bonds is 5. The average Bonchev–Trinajstić information content (AvgIpc) is 2.92. The summed E-state index contributed by atoms with van der Waals surface area (Å²) >= 11 is 0. The number of carbonyl (C=O) groups excluding carboxylic acids is 1. The zero-order valence-corrected chi connectivity index (χ0v) is 13.9. The Balaban J connectivity index is 1.85. The van der Waals surface area contributed by atoms with Gasteiger partial charge in [-0.15, -0.1) is 0 Å². The molecule has 0 aromatic carbocycles. The van der Waals surface area contributed by atoms with Gasteiger partial charge in [-0.05, 0) is 65.5 Å². The number of piperidine rings is 1. The van der Waals surface area contributed by atoms with Gasteiger partial charge in [0, 0.05) is 12.1 Å². The van der Waals surface area contributed by atoms with Crippen LogP contribution < -0.4 is 0 Å². The Morgan fingerprint density at radius 1 is 1.14 bits per heavy atom. The van der Waals surface area contributed by atoms with E-state index in [1.54, 1.807) is 0 Å². The summed E-state index contributed by atoms with van der Waals surface area (Å²) < 4.78 is 0. The monoisotopic (exact) mass is 296 g/mol. The normalized spacial score (nSPS) is 23.7. The largest absolute Gasteiger partial charge is 0.393 e. The van der Waals surface area contributed by atoms with Crippen LogP contribution in [0.15, 0.2) is 0 Å². The van der Waals surface area contributed by atoms with Crippen molar-refractivity contribution in [2.75, 3.05) is 19.6 Å². The predicted octanol–water partition coefficient (Wildman–Crippen LogP) is 2.26. The molecule has 2 aliphatic rings. The van der Waals surface area contributed by atoms with E-state index >= 15 is 0 Å². The van der Waals surface area contributed by atoms with Gasteiger partial charge in [0.15, 0.2) is 0 Å². The van der Waals surface area contributed by atoms with Crippen molar-refractivity contribution < 1.29 is 9.90 Å². The molecular formula is C17H32N2O2. The van der Waals surface area contributed by atoms with Gasteiger partial charge in [-0.2, -0.15) is 0 Å². The van der Waals surface area contributed by atoms with Crippen molar-refractivity contribution in [2.45, 2.75) is 77.5 Å². The maximum Gasteiger partial charge on any atom is 0.237 e. The van der Waals surface area contributed by atoms with Crippen LogP contribution in [0.1, 0.15) is 59.3 Å². The number of amides is 1. The average molecular weight is 296 g/mol. The van der Waals surface area contributed by atoms with Gasteiger partial charge >= 0.3 is 0 Å². The molecule has 1 unspecified atom stereocenters. The highest BCUT2D eigenvalue weighted by atomic mass is 16.3. The maximum absolute atomic E-state index is 12.7. The second kappa shape index (κ2) is 7.59. The van der Waals surface area contributed by atoms with E-state index in [1.807, 2.05) is 6.92 Å². The van der Waals surface area contributed by atoms with Crippen molar-refractivity contribution in [3.05, 3.63) is 0 Å². The van der Waals surface area contributed by atoms with E-state index in [2.05, 4.69) is 23.6 Å². The number of nitrogens with zero attached hydrogens (tertiary/aromatic N) is 2. The number of aliphatic hydroxyl groups is 1. The van der Waals surface area contributed by atoms with Crippen molar-refractivity contribution >= 4 is 5.91 Å². The first-order valence-electron chi connectivity index (χ1n) is 8.70. The highest BCUT2D eigenvalue weighted by Gasteiger charge is 2.30. The Hall–Kier alpha value is -0.610. The van der Waals surface area contributed by atoms with E-state index in [-0.39, 0.29) is 6.10 Å².